The van der Waals surface area contributed by atoms with Gasteiger partial charge in [-0.25, -0.2) is 17.2 Å². The van der Waals surface area contributed by atoms with Gasteiger partial charge in [0.25, 0.3) is 0 Å². The zero-order valence-electron chi connectivity index (χ0n) is 19.2. The van der Waals surface area contributed by atoms with Crippen molar-refractivity contribution in [1.82, 2.24) is 10.2 Å². The molecule has 0 aliphatic heterocycles. The molecule has 2 aromatic rings. The van der Waals surface area contributed by atoms with Crippen molar-refractivity contribution in [3.63, 3.8) is 0 Å². The molecule has 0 aliphatic rings. The normalized spacial score (nSPS) is 12.2. The van der Waals surface area contributed by atoms with Gasteiger partial charge in [0, 0.05) is 37.6 Å². The average Bonchev–Trinajstić information content (AvgIpc) is 2.78. The molecule has 0 aromatic heterocycles. The Labute approximate surface area is 203 Å². The van der Waals surface area contributed by atoms with Crippen molar-refractivity contribution in [1.29, 1.82) is 0 Å². The van der Waals surface area contributed by atoms with E-state index in [1.807, 2.05) is 0 Å². The monoisotopic (exact) mass is 515 g/mol. The van der Waals surface area contributed by atoms with Crippen LogP contribution in [0.2, 0.25) is 5.02 Å². The van der Waals surface area contributed by atoms with Gasteiger partial charge in [-0.15, -0.1) is 0 Å². The maximum Gasteiger partial charge on any atom is 0.242 e. The van der Waals surface area contributed by atoms with E-state index in [-0.39, 0.29) is 43.4 Å². The third kappa shape index (κ3) is 7.14. The first kappa shape index (κ1) is 27.5. The number of hydrogen-bond donors (Lipinski definition) is 1. The van der Waals surface area contributed by atoms with Gasteiger partial charge in [-0.3, -0.25) is 13.9 Å². The van der Waals surface area contributed by atoms with Gasteiger partial charge < -0.3 is 10.2 Å². The molecule has 34 heavy (non-hydrogen) atoms. The smallest absolute Gasteiger partial charge is 0.242 e. The van der Waals surface area contributed by atoms with Crippen molar-refractivity contribution in [2.45, 2.75) is 38.8 Å². The molecule has 0 spiro atoms. The number of carbonyl (C=O) groups excluding carboxylic acids is 2. The van der Waals surface area contributed by atoms with Crippen LogP contribution in [0.1, 0.15) is 31.7 Å². The molecule has 7 nitrogen and oxygen atoms in total. The molecule has 186 valence electrons. The predicted molar refractivity (Wildman–Crippen MR) is 128 cm³/mol. The Morgan fingerprint density at radius 1 is 1.12 bits per heavy atom. The van der Waals surface area contributed by atoms with Gasteiger partial charge >= 0.3 is 0 Å². The Morgan fingerprint density at radius 3 is 2.35 bits per heavy atom. The van der Waals surface area contributed by atoms with Crippen molar-refractivity contribution in [3.05, 3.63) is 64.7 Å². The zero-order valence-corrected chi connectivity index (χ0v) is 20.8. The van der Waals surface area contributed by atoms with Crippen LogP contribution in [0.3, 0.4) is 0 Å². The number of hydrogen-bond acceptors (Lipinski definition) is 4. The molecule has 0 radical (unpaired) electrons. The summed E-state index contributed by atoms with van der Waals surface area (Å²) < 4.78 is 52.3. The summed E-state index contributed by atoms with van der Waals surface area (Å²) >= 11 is 6.25. The first-order valence-corrected chi connectivity index (χ1v) is 12.9. The predicted octanol–water partition coefficient (Wildman–Crippen LogP) is 3.72. The highest BCUT2D eigenvalue weighted by Gasteiger charge is 2.28. The molecular weight excluding hydrogens is 488 g/mol. The maximum atomic E-state index is 13.7. The van der Waals surface area contributed by atoms with Gasteiger partial charge in [0.05, 0.1) is 11.9 Å². The molecule has 0 bridgehead atoms. The number of nitrogens with zero attached hydrogens (tertiary/aromatic N) is 2. The van der Waals surface area contributed by atoms with Crippen molar-refractivity contribution < 1.29 is 26.8 Å². The fourth-order valence-electron chi connectivity index (χ4n) is 3.54. The number of amides is 2. The van der Waals surface area contributed by atoms with Gasteiger partial charge in [-0.2, -0.15) is 0 Å². The Kier molecular flexibility index (Phi) is 9.81. The molecule has 2 rings (SSSR count). The highest BCUT2D eigenvalue weighted by atomic mass is 35.5. The van der Waals surface area contributed by atoms with Crippen LogP contribution >= 0.6 is 11.6 Å². The topological polar surface area (TPSA) is 86.8 Å². The molecule has 0 saturated carbocycles. The van der Waals surface area contributed by atoms with Crippen LogP contribution in [-0.4, -0.2) is 51.0 Å². The molecule has 11 heteroatoms. The van der Waals surface area contributed by atoms with Crippen LogP contribution in [-0.2, 0) is 26.2 Å². The lowest BCUT2D eigenvalue weighted by atomic mass is 10.1. The number of nitrogens with one attached hydrogen (secondary N) is 1. The van der Waals surface area contributed by atoms with Crippen LogP contribution in [0.5, 0.6) is 0 Å². The molecule has 1 N–H and O–H groups in total. The van der Waals surface area contributed by atoms with E-state index >= 15 is 0 Å². The van der Waals surface area contributed by atoms with Gasteiger partial charge in [0.2, 0.25) is 21.8 Å². The number of carbonyl (C=O) groups is 2. The fourth-order valence-corrected chi connectivity index (χ4v) is 4.69. The van der Waals surface area contributed by atoms with Crippen molar-refractivity contribution in [3.8, 4) is 0 Å². The van der Waals surface area contributed by atoms with Crippen LogP contribution in [0, 0.1) is 11.6 Å². The number of anilines is 1. The molecular formula is C23H28ClF2N3O4S. The minimum Gasteiger partial charge on any atom is -0.357 e. The number of benzene rings is 2. The van der Waals surface area contributed by atoms with Crippen molar-refractivity contribution in [2.75, 3.05) is 24.2 Å². The molecule has 2 aromatic carbocycles. The van der Waals surface area contributed by atoms with E-state index < -0.39 is 27.7 Å². The Balaban J connectivity index is 2.21. The SMILES string of the molecule is CC[C@@H](C(=O)NC)N(Cc1ccccc1Cl)C(=O)CCCN(c1ccc(F)c(F)c1)S(C)(=O)=O. The molecule has 2 amide bonds. The molecule has 0 heterocycles. The summed E-state index contributed by atoms with van der Waals surface area (Å²) in [5, 5.41) is 3.01. The lowest BCUT2D eigenvalue weighted by Crippen LogP contribution is -2.48. The summed E-state index contributed by atoms with van der Waals surface area (Å²) in [6.45, 7) is 1.75. The quantitative estimate of drug-likeness (QED) is 0.494. The molecule has 0 unspecified atom stereocenters. The van der Waals surface area contributed by atoms with Gasteiger partial charge in [-0.05, 0) is 36.6 Å². The number of likely N-dealkylation sites (N-methyl/N-ethyl adjacent to an activating group) is 1. The third-order valence-electron chi connectivity index (χ3n) is 5.27. The summed E-state index contributed by atoms with van der Waals surface area (Å²) in [5.74, 6) is -2.97. The van der Waals surface area contributed by atoms with E-state index in [2.05, 4.69) is 5.32 Å². The highest BCUT2D eigenvalue weighted by molar-refractivity contribution is 7.92. The van der Waals surface area contributed by atoms with Gasteiger partial charge in [-0.1, -0.05) is 36.7 Å². The Bertz CT molecular complexity index is 1130. The van der Waals surface area contributed by atoms with E-state index in [1.54, 1.807) is 31.2 Å². The summed E-state index contributed by atoms with van der Waals surface area (Å²) in [7, 11) is -2.34. The van der Waals surface area contributed by atoms with Crippen LogP contribution in [0.15, 0.2) is 42.5 Å². The second-order valence-electron chi connectivity index (χ2n) is 7.69. The lowest BCUT2D eigenvalue weighted by Gasteiger charge is -2.31. The summed E-state index contributed by atoms with van der Waals surface area (Å²) in [4.78, 5) is 27.0. The summed E-state index contributed by atoms with van der Waals surface area (Å²) in [6, 6.07) is 9.02. The minimum atomic E-state index is -3.82. The first-order chi connectivity index (χ1) is 16.0. The van der Waals surface area contributed by atoms with Crippen LogP contribution in [0.4, 0.5) is 14.5 Å². The number of halogens is 3. The molecule has 0 saturated heterocycles. The first-order valence-electron chi connectivity index (χ1n) is 10.7. The Hall–Kier alpha value is -2.72. The number of rotatable bonds is 11. The van der Waals surface area contributed by atoms with Crippen molar-refractivity contribution in [2.24, 2.45) is 0 Å². The maximum absolute atomic E-state index is 13.7. The molecule has 0 aliphatic carbocycles. The average molecular weight is 516 g/mol. The van der Waals surface area contributed by atoms with Crippen LogP contribution < -0.4 is 9.62 Å². The van der Waals surface area contributed by atoms with E-state index in [9.17, 15) is 26.8 Å². The largest absolute Gasteiger partial charge is 0.357 e. The van der Waals surface area contributed by atoms with E-state index in [0.29, 0.717) is 17.0 Å². The van der Waals surface area contributed by atoms with E-state index in [0.717, 1.165) is 28.8 Å². The van der Waals surface area contributed by atoms with E-state index in [4.69, 9.17) is 11.6 Å². The second-order valence-corrected chi connectivity index (χ2v) is 10.0. The molecule has 1 atom stereocenters. The standard InChI is InChI=1S/C23H28ClF2N3O4S/c1-4-21(23(31)27-2)28(15-16-8-5-6-9-18(16)24)22(30)10-7-13-29(34(3,32)33)17-11-12-19(25)20(26)14-17/h5-6,8-9,11-12,14,21H,4,7,10,13,15H2,1-3H3,(H,27,31)/t21-/m0/s1. The summed E-state index contributed by atoms with van der Waals surface area (Å²) in [5.41, 5.74) is 0.623. The molecule has 0 fully saturated rings. The number of sulfonamides is 1. The third-order valence-corrected chi connectivity index (χ3v) is 6.84. The zero-order chi connectivity index (χ0) is 25.5. The second kappa shape index (κ2) is 12.1. The van der Waals surface area contributed by atoms with Gasteiger partial charge in [0.15, 0.2) is 11.6 Å². The van der Waals surface area contributed by atoms with Gasteiger partial charge in [0.1, 0.15) is 6.04 Å². The summed E-state index contributed by atoms with van der Waals surface area (Å²) in [6.07, 6.45) is 1.32. The van der Waals surface area contributed by atoms with Crippen molar-refractivity contribution >= 4 is 39.1 Å². The lowest BCUT2D eigenvalue weighted by molar-refractivity contribution is -0.141. The Morgan fingerprint density at radius 2 is 1.79 bits per heavy atom. The van der Waals surface area contributed by atoms with E-state index in [1.165, 1.54) is 11.9 Å². The fraction of sp³-hybridized carbons (Fsp3) is 0.391. The minimum absolute atomic E-state index is 0.0430. The van der Waals surface area contributed by atoms with Crippen LogP contribution in [0.25, 0.3) is 0 Å². The highest BCUT2D eigenvalue weighted by Crippen LogP contribution is 2.23.